The molecule has 0 atom stereocenters. The Morgan fingerprint density at radius 3 is 2.31 bits per heavy atom. The van der Waals surface area contributed by atoms with Crippen LogP contribution in [0.1, 0.15) is 11.1 Å². The quantitative estimate of drug-likeness (QED) is 0.636. The van der Waals surface area contributed by atoms with Crippen molar-refractivity contribution in [2.24, 2.45) is 0 Å². The van der Waals surface area contributed by atoms with Crippen LogP contribution in [0.25, 0.3) is 0 Å². The summed E-state index contributed by atoms with van der Waals surface area (Å²) in [5, 5.41) is 0. The minimum absolute atomic E-state index is 0.107. The molecular weight excluding hydrogens is 176 g/mol. The van der Waals surface area contributed by atoms with Crippen LogP contribution in [-0.2, 0) is 6.42 Å². The normalized spacial score (nSPS) is 11.7. The van der Waals surface area contributed by atoms with E-state index in [1.54, 1.807) is 12.1 Å². The maximum Gasteiger partial charge on any atom is 0.478 e. The lowest BCUT2D eigenvalue weighted by atomic mass is 9.82. The molecule has 0 amide bonds. The van der Waals surface area contributed by atoms with E-state index in [9.17, 15) is 12.9 Å². The highest BCUT2D eigenvalue weighted by Crippen LogP contribution is 2.19. The van der Waals surface area contributed by atoms with E-state index in [1.807, 2.05) is 19.1 Å². The van der Waals surface area contributed by atoms with Crippen LogP contribution in [0.15, 0.2) is 24.3 Å². The van der Waals surface area contributed by atoms with E-state index in [0.717, 1.165) is 11.1 Å². The van der Waals surface area contributed by atoms with E-state index in [4.69, 9.17) is 0 Å². The topological polar surface area (TPSA) is 0 Å². The number of halogens is 3. The fraction of sp³-hybridized carbons (Fsp3) is 0.333. The summed E-state index contributed by atoms with van der Waals surface area (Å²) in [6.07, 6.45) is -0.568. The third-order valence-electron chi connectivity index (χ3n) is 2.00. The van der Waals surface area contributed by atoms with Crippen molar-refractivity contribution in [3.8, 4) is 0 Å². The smallest absolute Gasteiger partial charge is 0.449 e. The molecule has 0 aliphatic rings. The number of rotatable bonds is 3. The minimum Gasteiger partial charge on any atom is -0.449 e. The third-order valence-corrected chi connectivity index (χ3v) is 2.00. The molecule has 0 saturated carbocycles. The van der Waals surface area contributed by atoms with Gasteiger partial charge in [-0.05, 0) is 18.1 Å². The summed E-state index contributed by atoms with van der Waals surface area (Å²) in [6.45, 7) is -2.81. The van der Waals surface area contributed by atoms with E-state index in [1.165, 1.54) is 0 Å². The van der Waals surface area contributed by atoms with Gasteiger partial charge in [-0.1, -0.05) is 37.0 Å². The summed E-state index contributed by atoms with van der Waals surface area (Å²) in [4.78, 5) is 0. The highest BCUT2D eigenvalue weighted by molar-refractivity contribution is 6.58. The van der Waals surface area contributed by atoms with Crippen molar-refractivity contribution in [3.63, 3.8) is 0 Å². The van der Waals surface area contributed by atoms with Crippen LogP contribution in [0.3, 0.4) is 0 Å². The Morgan fingerprint density at radius 1 is 1.15 bits per heavy atom. The molecule has 0 radical (unpaired) electrons. The maximum atomic E-state index is 11.9. The van der Waals surface area contributed by atoms with Gasteiger partial charge in [-0.3, -0.25) is 0 Å². The second kappa shape index (κ2) is 3.86. The van der Waals surface area contributed by atoms with Crippen molar-refractivity contribution < 1.29 is 12.9 Å². The van der Waals surface area contributed by atoms with Crippen molar-refractivity contribution in [1.29, 1.82) is 0 Å². The van der Waals surface area contributed by atoms with E-state index in [2.05, 4.69) is 0 Å². The summed E-state index contributed by atoms with van der Waals surface area (Å²) >= 11 is 0. The largest absolute Gasteiger partial charge is 0.478 e. The number of aryl methyl sites for hydroxylation is 2. The second-order valence-electron chi connectivity index (χ2n) is 3.18. The van der Waals surface area contributed by atoms with Crippen molar-refractivity contribution >= 4 is 6.98 Å². The predicted octanol–water partition coefficient (Wildman–Crippen LogP) is 3.38. The van der Waals surface area contributed by atoms with Crippen LogP contribution in [0.2, 0.25) is 6.32 Å². The monoisotopic (exact) mass is 187 g/mol. The first-order chi connectivity index (χ1) is 5.99. The first-order valence-electron chi connectivity index (χ1n) is 4.24. The molecule has 0 spiro atoms. The Balaban J connectivity index is 2.60. The molecule has 0 saturated heterocycles. The molecule has 0 unspecified atom stereocenters. The summed E-state index contributed by atoms with van der Waals surface area (Å²) in [6, 6.07) is 7.18. The average molecular weight is 187 g/mol. The summed E-state index contributed by atoms with van der Waals surface area (Å²) in [7, 11) is 0. The molecule has 72 valence electrons. The first-order valence-corrected chi connectivity index (χ1v) is 4.24. The number of hydrogen-bond acceptors (Lipinski definition) is 0. The molecule has 0 aliphatic heterocycles. The number of hydrogen-bond donors (Lipinski definition) is 0. The van der Waals surface area contributed by atoms with Gasteiger partial charge in [0.1, 0.15) is 0 Å². The van der Waals surface area contributed by atoms with Crippen molar-refractivity contribution in [3.05, 3.63) is 35.4 Å². The van der Waals surface area contributed by atoms with Gasteiger partial charge in [-0.15, -0.1) is 0 Å². The van der Waals surface area contributed by atoms with Crippen molar-refractivity contribution in [2.75, 3.05) is 0 Å². The van der Waals surface area contributed by atoms with Gasteiger partial charge < -0.3 is 12.9 Å². The SMILES string of the molecule is Cc1ccccc1CC[B-](F)(F)F. The van der Waals surface area contributed by atoms with Gasteiger partial charge in [-0.25, -0.2) is 0 Å². The van der Waals surface area contributed by atoms with Crippen LogP contribution in [-0.4, -0.2) is 6.98 Å². The first kappa shape index (κ1) is 10.2. The Morgan fingerprint density at radius 2 is 1.77 bits per heavy atom. The lowest BCUT2D eigenvalue weighted by Crippen LogP contribution is -2.15. The van der Waals surface area contributed by atoms with Gasteiger partial charge in [0, 0.05) is 0 Å². The van der Waals surface area contributed by atoms with Crippen LogP contribution in [0.5, 0.6) is 0 Å². The average Bonchev–Trinajstić information content (AvgIpc) is 2.01. The Labute approximate surface area is 75.8 Å². The van der Waals surface area contributed by atoms with Gasteiger partial charge in [-0.2, -0.15) is 0 Å². The summed E-state index contributed by atoms with van der Waals surface area (Å²) in [5.41, 5.74) is 1.73. The Bertz CT molecular complexity index is 280. The van der Waals surface area contributed by atoms with E-state index in [-0.39, 0.29) is 6.42 Å². The molecule has 0 N–H and O–H groups in total. The van der Waals surface area contributed by atoms with Crippen LogP contribution in [0.4, 0.5) is 12.9 Å². The summed E-state index contributed by atoms with van der Waals surface area (Å²) in [5.74, 6) is 0. The van der Waals surface area contributed by atoms with E-state index < -0.39 is 13.3 Å². The fourth-order valence-electron chi connectivity index (χ4n) is 1.21. The zero-order chi connectivity index (χ0) is 9.90. The lowest BCUT2D eigenvalue weighted by Gasteiger charge is -2.13. The molecular formula is C9H11BF3-. The molecule has 0 bridgehead atoms. The van der Waals surface area contributed by atoms with Crippen molar-refractivity contribution in [2.45, 2.75) is 19.7 Å². The Hall–Kier alpha value is -0.925. The zero-order valence-electron chi connectivity index (χ0n) is 7.43. The molecule has 0 nitrogen and oxygen atoms in total. The lowest BCUT2D eigenvalue weighted by molar-refractivity contribution is 0.467. The maximum absolute atomic E-state index is 11.9. The zero-order valence-corrected chi connectivity index (χ0v) is 7.43. The highest BCUT2D eigenvalue weighted by Gasteiger charge is 2.22. The molecule has 1 rings (SSSR count). The molecule has 0 aromatic heterocycles. The molecule has 13 heavy (non-hydrogen) atoms. The molecule has 4 heteroatoms. The fourth-order valence-corrected chi connectivity index (χ4v) is 1.21. The van der Waals surface area contributed by atoms with Crippen LogP contribution in [0, 0.1) is 6.92 Å². The van der Waals surface area contributed by atoms with E-state index in [0.29, 0.717) is 0 Å². The summed E-state index contributed by atoms with van der Waals surface area (Å²) < 4.78 is 35.8. The molecule has 0 aliphatic carbocycles. The Kier molecular flexibility index (Phi) is 3.01. The minimum atomic E-state index is -4.64. The highest BCUT2D eigenvalue weighted by atomic mass is 19.4. The van der Waals surface area contributed by atoms with Gasteiger partial charge in [0.05, 0.1) is 0 Å². The molecule has 0 heterocycles. The van der Waals surface area contributed by atoms with Gasteiger partial charge >= 0.3 is 6.98 Å². The van der Waals surface area contributed by atoms with Crippen LogP contribution < -0.4 is 0 Å². The molecule has 1 aromatic carbocycles. The number of benzene rings is 1. The predicted molar refractivity (Wildman–Crippen MR) is 48.8 cm³/mol. The van der Waals surface area contributed by atoms with Gasteiger partial charge in [0.2, 0.25) is 0 Å². The standard InChI is InChI=1S/C9H11BF3/c1-8-4-2-3-5-9(8)6-7-10(11,12)13/h2-5H,6-7H2,1H3/q-1. The molecule has 1 aromatic rings. The van der Waals surface area contributed by atoms with Gasteiger partial charge in [0.25, 0.3) is 0 Å². The van der Waals surface area contributed by atoms with Crippen molar-refractivity contribution in [1.82, 2.24) is 0 Å². The van der Waals surface area contributed by atoms with Gasteiger partial charge in [0.15, 0.2) is 0 Å². The second-order valence-corrected chi connectivity index (χ2v) is 3.18. The third kappa shape index (κ3) is 3.53. The molecule has 0 fully saturated rings. The van der Waals surface area contributed by atoms with Crippen LogP contribution >= 0.6 is 0 Å². The van der Waals surface area contributed by atoms with E-state index >= 15 is 0 Å².